The molecule has 1 amide bonds. The second-order valence-electron chi connectivity index (χ2n) is 6.69. The zero-order valence-corrected chi connectivity index (χ0v) is 17.1. The Labute approximate surface area is 174 Å². The van der Waals surface area contributed by atoms with E-state index >= 15 is 0 Å². The van der Waals surface area contributed by atoms with Crippen LogP contribution in [0.15, 0.2) is 42.5 Å². The van der Waals surface area contributed by atoms with Crippen molar-refractivity contribution >= 4 is 46.2 Å². The summed E-state index contributed by atoms with van der Waals surface area (Å²) in [4.78, 5) is 16.3. The van der Waals surface area contributed by atoms with Crippen molar-refractivity contribution in [2.75, 3.05) is 43.4 Å². The molecule has 2 N–H and O–H groups in total. The van der Waals surface area contributed by atoms with E-state index in [2.05, 4.69) is 15.5 Å². The van der Waals surface area contributed by atoms with E-state index in [-0.39, 0.29) is 11.7 Å². The minimum absolute atomic E-state index is 0.0996. The molecule has 0 atom stereocenters. The molecular formula is C20H22ClFN4OS. The second-order valence-corrected chi connectivity index (χ2v) is 7.48. The fourth-order valence-electron chi connectivity index (χ4n) is 2.94. The number of piperazine rings is 1. The summed E-state index contributed by atoms with van der Waals surface area (Å²) in [6.45, 7) is 4.82. The lowest BCUT2D eigenvalue weighted by molar-refractivity contribution is -0.117. The van der Waals surface area contributed by atoms with Gasteiger partial charge in [-0.2, -0.15) is 0 Å². The Morgan fingerprint density at radius 3 is 2.54 bits per heavy atom. The van der Waals surface area contributed by atoms with E-state index in [9.17, 15) is 9.18 Å². The van der Waals surface area contributed by atoms with Gasteiger partial charge in [-0.1, -0.05) is 29.8 Å². The Morgan fingerprint density at radius 1 is 1.14 bits per heavy atom. The van der Waals surface area contributed by atoms with E-state index < -0.39 is 0 Å². The molecule has 1 aliphatic heterocycles. The number of rotatable bonds is 4. The molecule has 0 unspecified atom stereocenters. The van der Waals surface area contributed by atoms with E-state index in [1.54, 1.807) is 31.2 Å². The van der Waals surface area contributed by atoms with Crippen LogP contribution < -0.4 is 10.6 Å². The molecule has 0 aromatic heterocycles. The number of anilines is 2. The Bertz CT molecular complexity index is 871. The third kappa shape index (κ3) is 5.41. The van der Waals surface area contributed by atoms with Gasteiger partial charge >= 0.3 is 0 Å². The maximum absolute atomic E-state index is 13.7. The predicted molar refractivity (Wildman–Crippen MR) is 115 cm³/mol. The Morgan fingerprint density at radius 2 is 1.86 bits per heavy atom. The summed E-state index contributed by atoms with van der Waals surface area (Å²) in [6, 6.07) is 12.1. The van der Waals surface area contributed by atoms with E-state index in [1.165, 1.54) is 6.07 Å². The largest absolute Gasteiger partial charge is 0.346 e. The van der Waals surface area contributed by atoms with Gasteiger partial charge in [0.15, 0.2) is 5.11 Å². The normalized spacial score (nSPS) is 14.6. The number of nitrogens with one attached hydrogen (secondary N) is 2. The van der Waals surface area contributed by atoms with E-state index in [0.717, 1.165) is 0 Å². The van der Waals surface area contributed by atoms with E-state index in [0.29, 0.717) is 59.8 Å². The van der Waals surface area contributed by atoms with Gasteiger partial charge in [0.25, 0.3) is 0 Å². The molecule has 1 aliphatic rings. The first-order valence-corrected chi connectivity index (χ1v) is 9.80. The second kappa shape index (κ2) is 9.32. The van der Waals surface area contributed by atoms with Gasteiger partial charge in [0.2, 0.25) is 5.91 Å². The highest BCUT2D eigenvalue weighted by atomic mass is 35.5. The van der Waals surface area contributed by atoms with Crippen molar-refractivity contribution in [1.82, 2.24) is 9.80 Å². The number of amides is 1. The van der Waals surface area contributed by atoms with E-state index in [1.807, 2.05) is 17.0 Å². The molecular weight excluding hydrogens is 399 g/mol. The number of para-hydroxylation sites is 1. The fraction of sp³-hybridized carbons (Fsp3) is 0.300. The number of carbonyl (C=O) groups is 1. The quantitative estimate of drug-likeness (QED) is 0.738. The highest BCUT2D eigenvalue weighted by Gasteiger charge is 2.21. The molecule has 1 heterocycles. The number of halogens is 2. The molecule has 148 valence electrons. The maximum atomic E-state index is 13.7. The number of carbonyl (C=O) groups excluding carboxylic acids is 1. The summed E-state index contributed by atoms with van der Waals surface area (Å²) < 4.78 is 13.7. The molecule has 0 saturated carbocycles. The van der Waals surface area contributed by atoms with Gasteiger partial charge < -0.3 is 15.5 Å². The molecule has 8 heteroatoms. The van der Waals surface area contributed by atoms with Crippen LogP contribution in [0.3, 0.4) is 0 Å². The van der Waals surface area contributed by atoms with Gasteiger partial charge in [0.1, 0.15) is 5.82 Å². The van der Waals surface area contributed by atoms with Gasteiger partial charge in [0, 0.05) is 31.9 Å². The van der Waals surface area contributed by atoms with Crippen LogP contribution in [0.5, 0.6) is 0 Å². The lowest BCUT2D eigenvalue weighted by atomic mass is 10.2. The van der Waals surface area contributed by atoms with Gasteiger partial charge in [0.05, 0.1) is 17.3 Å². The van der Waals surface area contributed by atoms with Crippen molar-refractivity contribution in [2.45, 2.75) is 6.92 Å². The Balaban J connectivity index is 1.46. The van der Waals surface area contributed by atoms with E-state index in [4.69, 9.17) is 23.8 Å². The Hall–Kier alpha value is -2.22. The highest BCUT2D eigenvalue weighted by molar-refractivity contribution is 7.80. The number of benzene rings is 2. The molecule has 0 bridgehead atoms. The summed E-state index contributed by atoms with van der Waals surface area (Å²) in [7, 11) is 0. The molecule has 5 nitrogen and oxygen atoms in total. The van der Waals surface area contributed by atoms with Crippen LogP contribution in [0.2, 0.25) is 5.02 Å². The first-order chi connectivity index (χ1) is 13.4. The minimum atomic E-state index is -0.262. The zero-order valence-electron chi connectivity index (χ0n) is 15.5. The predicted octanol–water partition coefficient (Wildman–Crippen LogP) is 3.74. The van der Waals surface area contributed by atoms with Crippen molar-refractivity contribution in [1.29, 1.82) is 0 Å². The van der Waals surface area contributed by atoms with Crippen molar-refractivity contribution in [2.24, 2.45) is 0 Å². The number of aryl methyl sites for hydroxylation is 1. The monoisotopic (exact) mass is 420 g/mol. The summed E-state index contributed by atoms with van der Waals surface area (Å²) in [5.74, 6) is -0.362. The third-order valence-corrected chi connectivity index (χ3v) is 5.29. The number of nitrogens with zero attached hydrogens (tertiary/aromatic N) is 2. The molecule has 2 aromatic carbocycles. The average molecular weight is 421 g/mol. The third-order valence-electron chi connectivity index (χ3n) is 4.60. The van der Waals surface area contributed by atoms with Crippen LogP contribution >= 0.6 is 23.8 Å². The lowest BCUT2D eigenvalue weighted by Crippen LogP contribution is -2.51. The first kappa shape index (κ1) is 20.5. The molecule has 0 aliphatic carbocycles. The van der Waals surface area contributed by atoms with Gasteiger partial charge in [-0.05, 0) is 49.0 Å². The number of hydrogen-bond acceptors (Lipinski definition) is 3. The smallest absolute Gasteiger partial charge is 0.238 e. The van der Waals surface area contributed by atoms with Crippen molar-refractivity contribution in [3.8, 4) is 0 Å². The molecule has 1 saturated heterocycles. The topological polar surface area (TPSA) is 47.6 Å². The summed E-state index contributed by atoms with van der Waals surface area (Å²) in [5, 5.41) is 6.99. The molecule has 2 aromatic rings. The van der Waals surface area contributed by atoms with Gasteiger partial charge in [-0.3, -0.25) is 9.69 Å². The number of thiocarbonyl (C=S) groups is 1. The summed E-state index contributed by atoms with van der Waals surface area (Å²) in [5.41, 5.74) is 1.85. The Kier molecular flexibility index (Phi) is 6.83. The van der Waals surface area contributed by atoms with Crippen LogP contribution in [0.1, 0.15) is 5.56 Å². The minimum Gasteiger partial charge on any atom is -0.346 e. The van der Waals surface area contributed by atoms with Crippen LogP contribution in [0, 0.1) is 12.7 Å². The van der Waals surface area contributed by atoms with Crippen LogP contribution in [-0.2, 0) is 4.79 Å². The summed E-state index contributed by atoms with van der Waals surface area (Å²) in [6.07, 6.45) is 0. The van der Waals surface area contributed by atoms with Crippen LogP contribution in [0.25, 0.3) is 0 Å². The van der Waals surface area contributed by atoms with Crippen LogP contribution in [0.4, 0.5) is 15.8 Å². The van der Waals surface area contributed by atoms with Gasteiger partial charge in [-0.25, -0.2) is 4.39 Å². The van der Waals surface area contributed by atoms with Crippen molar-refractivity contribution in [3.05, 3.63) is 58.9 Å². The van der Waals surface area contributed by atoms with Crippen LogP contribution in [-0.4, -0.2) is 53.5 Å². The molecule has 3 rings (SSSR count). The molecule has 28 heavy (non-hydrogen) atoms. The lowest BCUT2D eigenvalue weighted by Gasteiger charge is -2.35. The number of hydrogen-bond donors (Lipinski definition) is 2. The zero-order chi connectivity index (χ0) is 20.1. The van der Waals surface area contributed by atoms with Crippen molar-refractivity contribution < 1.29 is 9.18 Å². The molecule has 1 fully saturated rings. The highest BCUT2D eigenvalue weighted by Crippen LogP contribution is 2.20. The van der Waals surface area contributed by atoms with Crippen molar-refractivity contribution in [3.63, 3.8) is 0 Å². The fourth-order valence-corrected chi connectivity index (χ4v) is 3.42. The molecule has 0 spiro atoms. The molecule has 0 radical (unpaired) electrons. The maximum Gasteiger partial charge on any atom is 0.238 e. The standard InChI is InChI=1S/C20H22ClFN4OS/c1-14-6-7-15(12-17(14)22)23-20(28)26-10-8-25(9-11-26)13-19(27)24-18-5-3-2-4-16(18)21/h2-7,12H,8-11,13H2,1H3,(H,23,28)(H,24,27). The van der Waals surface area contributed by atoms with Gasteiger partial charge in [-0.15, -0.1) is 0 Å². The first-order valence-electron chi connectivity index (χ1n) is 9.01. The average Bonchev–Trinajstić information content (AvgIpc) is 2.67. The summed E-state index contributed by atoms with van der Waals surface area (Å²) >= 11 is 11.5. The SMILES string of the molecule is Cc1ccc(NC(=S)N2CCN(CC(=O)Nc3ccccc3Cl)CC2)cc1F.